The average Bonchev–Trinajstić information content (AvgIpc) is 1.86. The van der Waals surface area contributed by atoms with Crippen molar-refractivity contribution in [2.45, 2.75) is 12.6 Å². The van der Waals surface area contributed by atoms with E-state index in [1.165, 1.54) is 0 Å². The Bertz CT molecular complexity index is 183. The number of hydrogen-bond acceptors (Lipinski definition) is 4. The zero-order valence-electron chi connectivity index (χ0n) is 6.09. The van der Waals surface area contributed by atoms with Crippen LogP contribution in [0.1, 0.15) is 6.92 Å². The lowest BCUT2D eigenvalue weighted by molar-refractivity contribution is 0.619. The van der Waals surface area contributed by atoms with Crippen molar-refractivity contribution in [3.63, 3.8) is 0 Å². The van der Waals surface area contributed by atoms with Crippen molar-refractivity contribution in [3.8, 4) is 0 Å². The summed E-state index contributed by atoms with van der Waals surface area (Å²) in [5, 5.41) is 5.75. The van der Waals surface area contributed by atoms with Crippen molar-refractivity contribution >= 4 is 16.9 Å². The summed E-state index contributed by atoms with van der Waals surface area (Å²) in [6.07, 6.45) is 1.87. The van der Waals surface area contributed by atoms with E-state index in [0.717, 1.165) is 5.17 Å². The van der Waals surface area contributed by atoms with Crippen LogP contribution in [0.25, 0.3) is 0 Å². The second kappa shape index (κ2) is 2.64. The van der Waals surface area contributed by atoms with Crippen LogP contribution < -0.4 is 11.1 Å². The first-order valence-electron chi connectivity index (χ1n) is 3.05. The second-order valence-corrected chi connectivity index (χ2v) is 3.21. The maximum atomic E-state index is 5.72. The molecule has 1 heterocycles. The first-order chi connectivity index (χ1) is 4.64. The number of nitrogens with zero attached hydrogens (tertiary/aromatic N) is 1. The zero-order valence-corrected chi connectivity index (χ0v) is 6.90. The molecule has 3 nitrogen and oxygen atoms in total. The van der Waals surface area contributed by atoms with Crippen LogP contribution in [-0.2, 0) is 0 Å². The molecule has 10 heavy (non-hydrogen) atoms. The number of thioether (sulfide) groups is 1. The van der Waals surface area contributed by atoms with Crippen LogP contribution in [0.2, 0.25) is 0 Å². The number of nitrogens with two attached hydrogens (primary N) is 1. The van der Waals surface area contributed by atoms with Crippen LogP contribution in [-0.4, -0.2) is 17.9 Å². The normalized spacial score (nSPS) is 31.7. The fourth-order valence-corrected chi connectivity index (χ4v) is 1.47. The van der Waals surface area contributed by atoms with Crippen LogP contribution >= 0.6 is 11.8 Å². The van der Waals surface area contributed by atoms with Gasteiger partial charge in [-0.05, 0) is 18.4 Å². The highest BCUT2D eigenvalue weighted by molar-refractivity contribution is 8.16. The lowest BCUT2D eigenvalue weighted by Gasteiger charge is -2.19. The quantitative estimate of drug-likeness (QED) is 0.538. The predicted molar refractivity (Wildman–Crippen MR) is 45.8 cm³/mol. The van der Waals surface area contributed by atoms with E-state index in [4.69, 9.17) is 5.73 Å². The number of hydrogen-bond donors (Lipinski definition) is 2. The minimum Gasteiger partial charge on any atom is -0.368 e. The van der Waals surface area contributed by atoms with Crippen LogP contribution in [0.4, 0.5) is 0 Å². The molecule has 0 amide bonds. The van der Waals surface area contributed by atoms with Gasteiger partial charge in [0.1, 0.15) is 5.66 Å². The Hall–Kier alpha value is -0.480. The third-order valence-corrected chi connectivity index (χ3v) is 1.93. The van der Waals surface area contributed by atoms with Crippen molar-refractivity contribution in [1.82, 2.24) is 5.32 Å². The summed E-state index contributed by atoms with van der Waals surface area (Å²) in [6.45, 7) is 1.86. The topological polar surface area (TPSA) is 50.4 Å². The van der Waals surface area contributed by atoms with E-state index >= 15 is 0 Å². The molecule has 0 fully saturated rings. The summed E-state index contributed by atoms with van der Waals surface area (Å²) < 4.78 is 0. The summed E-state index contributed by atoms with van der Waals surface area (Å²) >= 11 is 1.54. The molecule has 0 bridgehead atoms. The van der Waals surface area contributed by atoms with Crippen molar-refractivity contribution in [2.24, 2.45) is 10.7 Å². The molecule has 1 unspecified atom stereocenters. The molecule has 4 heteroatoms. The maximum Gasteiger partial charge on any atom is 0.162 e. The van der Waals surface area contributed by atoms with Crippen molar-refractivity contribution in [1.29, 1.82) is 0 Å². The fraction of sp³-hybridized carbons (Fsp3) is 0.500. The molecular weight excluding hydrogens is 146 g/mol. The lowest BCUT2D eigenvalue weighted by atomic mass is 10.2. The monoisotopic (exact) mass is 157 g/mol. The third kappa shape index (κ3) is 1.75. The molecule has 0 aromatic carbocycles. The van der Waals surface area contributed by atoms with Gasteiger partial charge < -0.3 is 11.1 Å². The SMILES string of the molecule is CNC1=NC(C)(N)C=CS1. The maximum absolute atomic E-state index is 5.72. The average molecular weight is 157 g/mol. The van der Waals surface area contributed by atoms with Gasteiger partial charge in [-0.15, -0.1) is 0 Å². The number of amidine groups is 1. The Morgan fingerprint density at radius 2 is 2.50 bits per heavy atom. The zero-order chi connectivity index (χ0) is 7.61. The predicted octanol–water partition coefficient (Wildman–Crippen LogP) is 0.497. The third-order valence-electron chi connectivity index (χ3n) is 1.14. The Labute approximate surface area is 64.8 Å². The molecule has 0 saturated carbocycles. The smallest absolute Gasteiger partial charge is 0.162 e. The summed E-state index contributed by atoms with van der Waals surface area (Å²) in [5.74, 6) is 0. The second-order valence-electron chi connectivity index (χ2n) is 2.31. The van der Waals surface area contributed by atoms with Gasteiger partial charge in [-0.2, -0.15) is 0 Å². The first-order valence-corrected chi connectivity index (χ1v) is 3.93. The van der Waals surface area contributed by atoms with E-state index in [2.05, 4.69) is 10.3 Å². The lowest BCUT2D eigenvalue weighted by Crippen LogP contribution is -2.35. The van der Waals surface area contributed by atoms with E-state index in [1.807, 2.05) is 25.5 Å². The molecule has 0 aromatic heterocycles. The minimum atomic E-state index is -0.524. The van der Waals surface area contributed by atoms with Gasteiger partial charge in [0.05, 0.1) is 0 Å². The summed E-state index contributed by atoms with van der Waals surface area (Å²) in [5.41, 5.74) is 5.19. The number of nitrogens with one attached hydrogen (secondary N) is 1. The van der Waals surface area contributed by atoms with Gasteiger partial charge in [-0.25, -0.2) is 4.99 Å². The molecule has 1 atom stereocenters. The van der Waals surface area contributed by atoms with Crippen LogP contribution in [0.5, 0.6) is 0 Å². The van der Waals surface area contributed by atoms with E-state index in [-0.39, 0.29) is 0 Å². The Kier molecular flexibility index (Phi) is 2.01. The van der Waals surface area contributed by atoms with Gasteiger partial charge in [0.2, 0.25) is 0 Å². The summed E-state index contributed by atoms with van der Waals surface area (Å²) in [7, 11) is 1.83. The van der Waals surface area contributed by atoms with Crippen molar-refractivity contribution in [2.75, 3.05) is 7.05 Å². The highest BCUT2D eigenvalue weighted by Gasteiger charge is 2.16. The molecule has 0 saturated heterocycles. The fourth-order valence-electron chi connectivity index (χ4n) is 0.633. The van der Waals surface area contributed by atoms with Crippen LogP contribution in [0.3, 0.4) is 0 Å². The highest BCUT2D eigenvalue weighted by Crippen LogP contribution is 2.17. The summed E-state index contributed by atoms with van der Waals surface area (Å²) in [4.78, 5) is 4.19. The highest BCUT2D eigenvalue weighted by atomic mass is 32.2. The van der Waals surface area contributed by atoms with E-state index in [9.17, 15) is 0 Å². The molecule has 0 aliphatic carbocycles. The molecule has 1 rings (SSSR count). The van der Waals surface area contributed by atoms with Gasteiger partial charge in [0.25, 0.3) is 0 Å². The van der Waals surface area contributed by atoms with Crippen LogP contribution in [0, 0.1) is 0 Å². The van der Waals surface area contributed by atoms with Gasteiger partial charge in [0.15, 0.2) is 5.17 Å². The Morgan fingerprint density at radius 1 is 1.80 bits per heavy atom. The largest absolute Gasteiger partial charge is 0.368 e. The van der Waals surface area contributed by atoms with Gasteiger partial charge in [-0.3, -0.25) is 0 Å². The van der Waals surface area contributed by atoms with Crippen molar-refractivity contribution in [3.05, 3.63) is 11.5 Å². The summed E-state index contributed by atoms with van der Waals surface area (Å²) in [6, 6.07) is 0. The van der Waals surface area contributed by atoms with E-state index in [0.29, 0.717) is 0 Å². The van der Waals surface area contributed by atoms with Gasteiger partial charge in [0, 0.05) is 7.05 Å². The molecule has 0 spiro atoms. The van der Waals surface area contributed by atoms with Gasteiger partial charge in [-0.1, -0.05) is 11.8 Å². The molecular formula is C6H11N3S. The molecule has 56 valence electrons. The van der Waals surface area contributed by atoms with E-state index < -0.39 is 5.66 Å². The minimum absolute atomic E-state index is 0.524. The number of rotatable bonds is 0. The molecule has 0 aromatic rings. The Balaban J connectivity index is 2.73. The molecule has 1 aliphatic rings. The number of aliphatic imine (C=N–C) groups is 1. The Morgan fingerprint density at radius 3 is 2.90 bits per heavy atom. The van der Waals surface area contributed by atoms with E-state index in [1.54, 1.807) is 11.8 Å². The molecule has 3 N–H and O–H groups in total. The van der Waals surface area contributed by atoms with Crippen molar-refractivity contribution < 1.29 is 0 Å². The van der Waals surface area contributed by atoms with Crippen LogP contribution in [0.15, 0.2) is 16.5 Å². The van der Waals surface area contributed by atoms with Gasteiger partial charge >= 0.3 is 0 Å². The standard InChI is InChI=1S/C6H11N3S/c1-6(7)3-4-10-5(8-2)9-6/h3-4H,7H2,1-2H3,(H,8,9). The first kappa shape index (κ1) is 7.63. The molecule has 0 radical (unpaired) electrons. The molecule has 1 aliphatic heterocycles.